The molecular weight excluding hydrogens is 286 g/mol. The van der Waals surface area contributed by atoms with E-state index in [1.54, 1.807) is 19.5 Å². The van der Waals surface area contributed by atoms with Gasteiger partial charge in [-0.25, -0.2) is 0 Å². The van der Waals surface area contributed by atoms with Crippen molar-refractivity contribution in [1.29, 1.82) is 0 Å². The maximum Gasteiger partial charge on any atom is 0.125 e. The molecular formula is C16H14ClN3O. The number of fused-ring (bicyclic) bond motifs is 1. The monoisotopic (exact) mass is 299 g/mol. The molecule has 3 rings (SSSR count). The van der Waals surface area contributed by atoms with E-state index in [9.17, 15) is 0 Å². The molecule has 0 spiro atoms. The van der Waals surface area contributed by atoms with E-state index in [-0.39, 0.29) is 0 Å². The summed E-state index contributed by atoms with van der Waals surface area (Å²) in [7, 11) is 1.64. The molecule has 0 atom stereocenters. The highest BCUT2D eigenvalue weighted by atomic mass is 35.5. The van der Waals surface area contributed by atoms with E-state index in [0.717, 1.165) is 28.0 Å². The molecule has 4 nitrogen and oxygen atoms in total. The smallest absolute Gasteiger partial charge is 0.125 e. The molecule has 106 valence electrons. The normalized spacial score (nSPS) is 10.6. The Morgan fingerprint density at radius 2 is 1.90 bits per heavy atom. The van der Waals surface area contributed by atoms with E-state index in [0.29, 0.717) is 11.6 Å². The zero-order chi connectivity index (χ0) is 14.7. The number of rotatable bonds is 4. The first kappa shape index (κ1) is 13.6. The first-order chi connectivity index (χ1) is 10.3. The third-order valence-corrected chi connectivity index (χ3v) is 3.59. The number of nitrogens with one attached hydrogen (secondary N) is 1. The molecule has 3 aromatic rings. The van der Waals surface area contributed by atoms with E-state index in [1.165, 1.54) is 0 Å². The van der Waals surface area contributed by atoms with Crippen molar-refractivity contribution < 1.29 is 4.74 Å². The lowest BCUT2D eigenvalue weighted by Crippen LogP contribution is -2.02. The summed E-state index contributed by atoms with van der Waals surface area (Å²) in [6.07, 6.45) is 3.37. The Labute approximate surface area is 127 Å². The molecule has 0 aliphatic heterocycles. The average molecular weight is 300 g/mol. The van der Waals surface area contributed by atoms with Crippen LogP contribution in [0.5, 0.6) is 5.75 Å². The van der Waals surface area contributed by atoms with Gasteiger partial charge in [0.05, 0.1) is 18.1 Å². The number of hydrogen-bond acceptors (Lipinski definition) is 4. The second kappa shape index (κ2) is 5.97. The van der Waals surface area contributed by atoms with E-state index >= 15 is 0 Å². The van der Waals surface area contributed by atoms with Gasteiger partial charge in [0, 0.05) is 35.2 Å². The van der Waals surface area contributed by atoms with Crippen LogP contribution in [0.3, 0.4) is 0 Å². The molecule has 0 fully saturated rings. The van der Waals surface area contributed by atoms with Crippen LogP contribution in [0.1, 0.15) is 5.56 Å². The van der Waals surface area contributed by atoms with Crippen molar-refractivity contribution in [1.82, 2.24) is 9.97 Å². The predicted octanol–water partition coefficient (Wildman–Crippen LogP) is 3.90. The maximum atomic E-state index is 6.23. The molecule has 5 heteroatoms. The van der Waals surface area contributed by atoms with Crippen molar-refractivity contribution >= 4 is 28.3 Å². The Morgan fingerprint density at radius 1 is 1.10 bits per heavy atom. The highest BCUT2D eigenvalue weighted by molar-refractivity contribution is 6.31. The van der Waals surface area contributed by atoms with Crippen LogP contribution in [0.15, 0.2) is 48.8 Å². The Kier molecular flexibility index (Phi) is 3.88. The van der Waals surface area contributed by atoms with Gasteiger partial charge in [0.1, 0.15) is 5.75 Å². The molecule has 0 aliphatic rings. The van der Waals surface area contributed by atoms with E-state index in [1.807, 2.05) is 36.4 Å². The molecule has 0 radical (unpaired) electrons. The number of halogens is 1. The fourth-order valence-corrected chi connectivity index (χ4v) is 2.40. The van der Waals surface area contributed by atoms with Crippen LogP contribution in [0, 0.1) is 0 Å². The molecule has 0 bridgehead atoms. The number of hydrogen-bond donors (Lipinski definition) is 1. The zero-order valence-corrected chi connectivity index (χ0v) is 12.3. The Hall–Kier alpha value is -2.33. The van der Waals surface area contributed by atoms with Crippen molar-refractivity contribution in [2.75, 3.05) is 12.4 Å². The van der Waals surface area contributed by atoms with Crippen molar-refractivity contribution in [2.45, 2.75) is 6.54 Å². The number of methoxy groups -OCH3 is 1. The number of ether oxygens (including phenoxy) is 1. The van der Waals surface area contributed by atoms with Gasteiger partial charge in [-0.1, -0.05) is 17.7 Å². The van der Waals surface area contributed by atoms with Crippen molar-refractivity contribution in [3.05, 3.63) is 59.4 Å². The molecule has 1 aromatic heterocycles. The minimum atomic E-state index is 0.578. The second-order valence-corrected chi connectivity index (χ2v) is 4.94. The first-order valence-corrected chi connectivity index (χ1v) is 6.92. The maximum absolute atomic E-state index is 6.23. The highest BCUT2D eigenvalue weighted by Gasteiger charge is 2.07. The number of anilines is 1. The van der Waals surface area contributed by atoms with Crippen molar-refractivity contribution in [2.24, 2.45) is 0 Å². The number of benzene rings is 2. The quantitative estimate of drug-likeness (QED) is 0.793. The predicted molar refractivity (Wildman–Crippen MR) is 84.9 cm³/mol. The van der Waals surface area contributed by atoms with E-state index in [2.05, 4.69) is 15.3 Å². The van der Waals surface area contributed by atoms with Gasteiger partial charge in [-0.3, -0.25) is 9.97 Å². The van der Waals surface area contributed by atoms with Gasteiger partial charge in [-0.2, -0.15) is 0 Å². The van der Waals surface area contributed by atoms with E-state index < -0.39 is 0 Å². The topological polar surface area (TPSA) is 47.0 Å². The lowest BCUT2D eigenvalue weighted by atomic mass is 10.2. The molecule has 1 heterocycles. The first-order valence-electron chi connectivity index (χ1n) is 6.54. The number of aromatic nitrogens is 2. The van der Waals surface area contributed by atoms with Crippen LogP contribution in [-0.2, 0) is 6.54 Å². The van der Waals surface area contributed by atoms with Crippen LogP contribution in [0.2, 0.25) is 5.02 Å². The molecule has 21 heavy (non-hydrogen) atoms. The third-order valence-electron chi connectivity index (χ3n) is 3.23. The average Bonchev–Trinajstić information content (AvgIpc) is 2.53. The van der Waals surface area contributed by atoms with Crippen LogP contribution >= 0.6 is 11.6 Å². The fourth-order valence-electron chi connectivity index (χ4n) is 2.17. The molecule has 2 aromatic carbocycles. The van der Waals surface area contributed by atoms with Gasteiger partial charge in [0.15, 0.2) is 0 Å². The molecule has 0 aliphatic carbocycles. The van der Waals surface area contributed by atoms with Gasteiger partial charge in [-0.15, -0.1) is 0 Å². The summed E-state index contributed by atoms with van der Waals surface area (Å²) in [4.78, 5) is 8.55. The van der Waals surface area contributed by atoms with Gasteiger partial charge in [0.25, 0.3) is 0 Å². The lowest BCUT2D eigenvalue weighted by Gasteiger charge is -2.12. The van der Waals surface area contributed by atoms with Crippen molar-refractivity contribution in [3.8, 4) is 5.75 Å². The summed E-state index contributed by atoms with van der Waals surface area (Å²) in [6.45, 7) is 0.578. The molecule has 0 amide bonds. The summed E-state index contributed by atoms with van der Waals surface area (Å²) in [6, 6.07) is 11.5. The summed E-state index contributed by atoms with van der Waals surface area (Å²) >= 11 is 6.23. The Balaban J connectivity index is 1.83. The largest absolute Gasteiger partial charge is 0.496 e. The molecule has 0 saturated heterocycles. The van der Waals surface area contributed by atoms with Crippen LogP contribution in [0.4, 0.5) is 5.69 Å². The summed E-state index contributed by atoms with van der Waals surface area (Å²) < 4.78 is 5.34. The summed E-state index contributed by atoms with van der Waals surface area (Å²) in [5, 5.41) is 4.02. The molecule has 0 saturated carbocycles. The number of nitrogens with zero attached hydrogens (tertiary/aromatic N) is 2. The molecule has 0 unspecified atom stereocenters. The van der Waals surface area contributed by atoms with Gasteiger partial charge in [0.2, 0.25) is 0 Å². The minimum absolute atomic E-state index is 0.578. The van der Waals surface area contributed by atoms with E-state index in [4.69, 9.17) is 16.3 Å². The minimum Gasteiger partial charge on any atom is -0.496 e. The van der Waals surface area contributed by atoms with Crippen molar-refractivity contribution in [3.63, 3.8) is 0 Å². The fraction of sp³-hybridized carbons (Fsp3) is 0.125. The van der Waals surface area contributed by atoms with Crippen LogP contribution in [0.25, 0.3) is 11.0 Å². The lowest BCUT2D eigenvalue weighted by molar-refractivity contribution is 0.410. The van der Waals surface area contributed by atoms with Gasteiger partial charge in [-0.05, 0) is 30.3 Å². The summed E-state index contributed by atoms with van der Waals surface area (Å²) in [5.74, 6) is 0.774. The highest BCUT2D eigenvalue weighted by Crippen LogP contribution is 2.27. The second-order valence-electron chi connectivity index (χ2n) is 4.53. The van der Waals surface area contributed by atoms with Gasteiger partial charge < -0.3 is 10.1 Å². The van der Waals surface area contributed by atoms with Crippen LogP contribution in [-0.4, -0.2) is 17.1 Å². The Bertz CT molecular complexity index is 776. The molecule has 1 N–H and O–H groups in total. The van der Waals surface area contributed by atoms with Gasteiger partial charge >= 0.3 is 0 Å². The standard InChI is InChI=1S/C16H14ClN3O/c1-21-16-4-2-3-13(17)12(16)10-20-11-5-6-14-15(9-11)19-8-7-18-14/h2-9,20H,10H2,1H3. The van der Waals surface area contributed by atoms with Crippen LogP contribution < -0.4 is 10.1 Å². The third kappa shape index (κ3) is 2.90. The SMILES string of the molecule is COc1cccc(Cl)c1CNc1ccc2nccnc2c1. The summed E-state index contributed by atoms with van der Waals surface area (Å²) in [5.41, 5.74) is 3.62. The zero-order valence-electron chi connectivity index (χ0n) is 11.5. The Morgan fingerprint density at radius 3 is 2.71 bits per heavy atom.